The van der Waals surface area contributed by atoms with Crippen LogP contribution < -0.4 is 5.32 Å². The third kappa shape index (κ3) is 3.29. The van der Waals surface area contributed by atoms with E-state index >= 15 is 0 Å². The minimum atomic E-state index is 0. The first-order valence-corrected chi connectivity index (χ1v) is 8.65. The largest absolute Gasteiger partial charge is 0.384 e. The van der Waals surface area contributed by atoms with Crippen LogP contribution in [0.5, 0.6) is 0 Å². The van der Waals surface area contributed by atoms with Gasteiger partial charge in [-0.25, -0.2) is 4.98 Å². The SMILES string of the molecule is CCN1CCN(Cc2cccc3c2NCC3)CC1c1ncc[nH]1.Cl. The molecule has 1 saturated heterocycles. The van der Waals surface area contributed by atoms with E-state index in [1.54, 1.807) is 0 Å². The summed E-state index contributed by atoms with van der Waals surface area (Å²) in [6.45, 7) is 8.65. The van der Waals surface area contributed by atoms with E-state index in [2.05, 4.69) is 50.2 Å². The molecule has 3 heterocycles. The predicted molar refractivity (Wildman–Crippen MR) is 99.7 cm³/mol. The van der Waals surface area contributed by atoms with Gasteiger partial charge in [0.15, 0.2) is 0 Å². The second kappa shape index (κ2) is 7.55. The van der Waals surface area contributed by atoms with Crippen LogP contribution in [0.15, 0.2) is 30.6 Å². The molecule has 24 heavy (non-hydrogen) atoms. The van der Waals surface area contributed by atoms with Crippen molar-refractivity contribution < 1.29 is 0 Å². The summed E-state index contributed by atoms with van der Waals surface area (Å²) in [4.78, 5) is 12.9. The summed E-state index contributed by atoms with van der Waals surface area (Å²) < 4.78 is 0. The highest BCUT2D eigenvalue weighted by molar-refractivity contribution is 5.85. The number of para-hydroxylation sites is 1. The van der Waals surface area contributed by atoms with E-state index in [1.807, 2.05) is 12.4 Å². The van der Waals surface area contributed by atoms with Crippen LogP contribution in [0.4, 0.5) is 5.69 Å². The smallest absolute Gasteiger partial charge is 0.124 e. The van der Waals surface area contributed by atoms with Gasteiger partial charge >= 0.3 is 0 Å². The predicted octanol–water partition coefficient (Wildman–Crippen LogP) is 2.68. The number of hydrogen-bond acceptors (Lipinski definition) is 4. The Morgan fingerprint density at radius 1 is 1.29 bits per heavy atom. The molecule has 0 radical (unpaired) electrons. The minimum Gasteiger partial charge on any atom is -0.384 e. The number of nitrogens with one attached hydrogen (secondary N) is 2. The Morgan fingerprint density at radius 3 is 3.00 bits per heavy atom. The molecule has 5 nitrogen and oxygen atoms in total. The third-order valence-electron chi connectivity index (χ3n) is 5.14. The highest BCUT2D eigenvalue weighted by Crippen LogP contribution is 2.29. The van der Waals surface area contributed by atoms with Crippen molar-refractivity contribution in [3.05, 3.63) is 47.5 Å². The maximum atomic E-state index is 4.50. The van der Waals surface area contributed by atoms with Crippen LogP contribution in [-0.2, 0) is 13.0 Å². The first-order valence-electron chi connectivity index (χ1n) is 8.65. The zero-order chi connectivity index (χ0) is 15.6. The summed E-state index contributed by atoms with van der Waals surface area (Å²) in [5.41, 5.74) is 4.28. The van der Waals surface area contributed by atoms with Crippen molar-refractivity contribution >= 4 is 18.1 Å². The summed E-state index contributed by atoms with van der Waals surface area (Å²) in [6.07, 6.45) is 4.94. The molecule has 0 amide bonds. The lowest BCUT2D eigenvalue weighted by Crippen LogP contribution is -2.48. The fourth-order valence-electron chi connectivity index (χ4n) is 3.90. The van der Waals surface area contributed by atoms with Crippen molar-refractivity contribution in [3.63, 3.8) is 0 Å². The number of fused-ring (bicyclic) bond motifs is 1. The van der Waals surface area contributed by atoms with Gasteiger partial charge in [-0.2, -0.15) is 0 Å². The quantitative estimate of drug-likeness (QED) is 0.892. The highest BCUT2D eigenvalue weighted by atomic mass is 35.5. The zero-order valence-corrected chi connectivity index (χ0v) is 15.0. The summed E-state index contributed by atoms with van der Waals surface area (Å²) in [7, 11) is 0. The van der Waals surface area contributed by atoms with E-state index < -0.39 is 0 Å². The van der Waals surface area contributed by atoms with Gasteiger partial charge in [-0.3, -0.25) is 9.80 Å². The van der Waals surface area contributed by atoms with Crippen LogP contribution in [0.25, 0.3) is 0 Å². The lowest BCUT2D eigenvalue weighted by atomic mass is 10.1. The van der Waals surface area contributed by atoms with E-state index in [-0.39, 0.29) is 12.4 Å². The number of likely N-dealkylation sites (N-methyl/N-ethyl adjacent to an activating group) is 1. The molecule has 1 atom stereocenters. The van der Waals surface area contributed by atoms with Crippen molar-refractivity contribution in [3.8, 4) is 0 Å². The van der Waals surface area contributed by atoms with Gasteiger partial charge in [0.05, 0.1) is 6.04 Å². The van der Waals surface area contributed by atoms with Crippen LogP contribution in [0, 0.1) is 0 Å². The molecule has 2 aliphatic rings. The first-order chi connectivity index (χ1) is 11.3. The van der Waals surface area contributed by atoms with Gasteiger partial charge in [0, 0.05) is 50.8 Å². The lowest BCUT2D eigenvalue weighted by Gasteiger charge is -2.40. The standard InChI is InChI=1S/C18H25N5.ClH/c1-2-23-11-10-22(13-16(23)18-20-8-9-21-18)12-15-5-3-4-14-6-7-19-17(14)15;/h3-5,8-9,16,19H,2,6-7,10-13H2,1H3,(H,20,21);1H. The van der Waals surface area contributed by atoms with E-state index in [9.17, 15) is 0 Å². The number of nitrogens with zero attached hydrogens (tertiary/aromatic N) is 3. The van der Waals surface area contributed by atoms with Gasteiger partial charge in [-0.05, 0) is 24.1 Å². The summed E-state index contributed by atoms with van der Waals surface area (Å²) in [5, 5.41) is 3.56. The number of rotatable bonds is 4. The molecule has 1 fully saturated rings. The number of aromatic nitrogens is 2. The Kier molecular flexibility index (Phi) is 5.43. The molecule has 6 heteroatoms. The molecule has 4 rings (SSSR count). The maximum Gasteiger partial charge on any atom is 0.124 e. The Morgan fingerprint density at radius 2 is 2.21 bits per heavy atom. The number of hydrogen-bond donors (Lipinski definition) is 2. The molecule has 0 spiro atoms. The van der Waals surface area contributed by atoms with Crippen molar-refractivity contribution in [1.82, 2.24) is 19.8 Å². The van der Waals surface area contributed by atoms with Crippen molar-refractivity contribution in [1.29, 1.82) is 0 Å². The topological polar surface area (TPSA) is 47.2 Å². The number of imidazole rings is 1. The van der Waals surface area contributed by atoms with E-state index in [0.717, 1.165) is 51.5 Å². The maximum absolute atomic E-state index is 4.50. The zero-order valence-electron chi connectivity index (χ0n) is 14.2. The van der Waals surface area contributed by atoms with Crippen molar-refractivity contribution in [2.75, 3.05) is 38.0 Å². The molecule has 1 aromatic heterocycles. The van der Waals surface area contributed by atoms with Crippen LogP contribution >= 0.6 is 12.4 Å². The van der Waals surface area contributed by atoms with E-state index in [1.165, 1.54) is 16.8 Å². The van der Waals surface area contributed by atoms with Crippen molar-refractivity contribution in [2.24, 2.45) is 0 Å². The number of aromatic amines is 1. The Hall–Kier alpha value is -1.56. The molecule has 1 unspecified atom stereocenters. The summed E-state index contributed by atoms with van der Waals surface area (Å²) >= 11 is 0. The minimum absolute atomic E-state index is 0. The molecule has 2 aliphatic heterocycles. The van der Waals surface area contributed by atoms with Crippen LogP contribution in [0.2, 0.25) is 0 Å². The molecule has 1 aromatic carbocycles. The number of halogens is 1. The van der Waals surface area contributed by atoms with Crippen LogP contribution in [-0.4, -0.2) is 52.5 Å². The monoisotopic (exact) mass is 347 g/mol. The van der Waals surface area contributed by atoms with Crippen LogP contribution in [0.3, 0.4) is 0 Å². The van der Waals surface area contributed by atoms with Gasteiger partial charge in [-0.1, -0.05) is 25.1 Å². The molecule has 0 aliphatic carbocycles. The van der Waals surface area contributed by atoms with Gasteiger partial charge < -0.3 is 10.3 Å². The van der Waals surface area contributed by atoms with Gasteiger partial charge in [-0.15, -0.1) is 12.4 Å². The number of benzene rings is 1. The highest BCUT2D eigenvalue weighted by Gasteiger charge is 2.29. The fraction of sp³-hybridized carbons (Fsp3) is 0.500. The Bertz CT molecular complexity index is 657. The first kappa shape index (κ1) is 17.3. The molecule has 130 valence electrons. The molecule has 0 saturated carbocycles. The van der Waals surface area contributed by atoms with E-state index in [4.69, 9.17) is 0 Å². The molecule has 2 N–H and O–H groups in total. The average Bonchev–Trinajstić information content (AvgIpc) is 3.27. The summed E-state index contributed by atoms with van der Waals surface area (Å²) in [5.74, 6) is 1.09. The normalized spacial score (nSPS) is 21.1. The molecule has 0 bridgehead atoms. The Labute approximate surface area is 149 Å². The number of anilines is 1. The number of H-pyrrole nitrogens is 1. The van der Waals surface area contributed by atoms with Gasteiger partial charge in [0.1, 0.15) is 5.82 Å². The van der Waals surface area contributed by atoms with E-state index in [0.29, 0.717) is 6.04 Å². The third-order valence-corrected chi connectivity index (χ3v) is 5.14. The van der Waals surface area contributed by atoms with Gasteiger partial charge in [0.2, 0.25) is 0 Å². The molecular formula is C18H26ClN5. The van der Waals surface area contributed by atoms with Crippen molar-refractivity contribution in [2.45, 2.75) is 25.9 Å². The molecular weight excluding hydrogens is 322 g/mol. The van der Waals surface area contributed by atoms with Gasteiger partial charge in [0.25, 0.3) is 0 Å². The number of piperazine rings is 1. The second-order valence-corrected chi connectivity index (χ2v) is 6.48. The van der Waals surface area contributed by atoms with Crippen LogP contribution in [0.1, 0.15) is 29.9 Å². The average molecular weight is 348 g/mol. The summed E-state index contributed by atoms with van der Waals surface area (Å²) in [6, 6.07) is 7.09. The lowest BCUT2D eigenvalue weighted by molar-refractivity contribution is 0.0698. The fourth-order valence-corrected chi connectivity index (χ4v) is 3.90. The molecule has 2 aromatic rings. The second-order valence-electron chi connectivity index (χ2n) is 6.48. The Balaban J connectivity index is 0.00000169.